The van der Waals surface area contributed by atoms with Crippen molar-refractivity contribution in [2.24, 2.45) is 0 Å². The van der Waals surface area contributed by atoms with Gasteiger partial charge in [0.2, 0.25) is 12.2 Å². The van der Waals surface area contributed by atoms with E-state index in [0.29, 0.717) is 0 Å². The van der Waals surface area contributed by atoms with Crippen LogP contribution in [0.4, 0.5) is 0 Å². The van der Waals surface area contributed by atoms with Crippen molar-refractivity contribution in [2.45, 2.75) is 0 Å². The van der Waals surface area contributed by atoms with E-state index >= 15 is 0 Å². The molecule has 1 aromatic rings. The van der Waals surface area contributed by atoms with Gasteiger partial charge in [0.1, 0.15) is 0 Å². The lowest BCUT2D eigenvalue weighted by molar-refractivity contribution is 0.562. The molecule has 1 rings (SSSR count). The molecule has 5 heteroatoms. The summed E-state index contributed by atoms with van der Waals surface area (Å²) in [6, 6.07) is 12.0. The smallest absolute Gasteiger partial charge is 0.222 e. The van der Waals surface area contributed by atoms with Crippen LogP contribution in [-0.2, 0) is 9.59 Å². The summed E-state index contributed by atoms with van der Waals surface area (Å²) >= 11 is 0. The molecule has 0 aliphatic rings. The van der Waals surface area contributed by atoms with E-state index in [-0.39, 0.29) is 17.0 Å². The third-order valence-corrected chi connectivity index (χ3v) is 0.667. The molecule has 0 aliphatic heterocycles. The van der Waals surface area contributed by atoms with Crippen molar-refractivity contribution in [1.29, 1.82) is 10.8 Å². The summed E-state index contributed by atoms with van der Waals surface area (Å²) in [5.41, 5.74) is 0. The Labute approximate surface area is 86.4 Å². The van der Waals surface area contributed by atoms with Crippen molar-refractivity contribution >= 4 is 29.1 Å². The molecule has 0 atom stereocenters. The molecule has 0 aromatic heterocycles. The highest BCUT2D eigenvalue weighted by atomic mass is 79.9. The van der Waals surface area contributed by atoms with E-state index < -0.39 is 0 Å². The molecular weight excluding hydrogens is 236 g/mol. The summed E-state index contributed by atoms with van der Waals surface area (Å²) in [4.78, 5) is 16.7. The number of hydrogen-bond acceptors (Lipinski definition) is 4. The number of halogens is 1. The molecule has 1 aromatic carbocycles. The Morgan fingerprint density at radius 1 is 0.692 bits per heavy atom. The normalized spacial score (nSPS) is 4.92. The maximum atomic E-state index is 8.35. The zero-order valence-electron chi connectivity index (χ0n) is 6.69. The predicted molar refractivity (Wildman–Crippen MR) is 53.6 cm³/mol. The van der Waals surface area contributed by atoms with Gasteiger partial charge in [-0.3, -0.25) is 0 Å². The standard InChI is InChI=1S/C6H6.2CHNO.BrH/c1-2-4-6-5-3-1;2*2-1-3;/h1-6H;2*2H;1H. The van der Waals surface area contributed by atoms with Gasteiger partial charge in [0.05, 0.1) is 0 Å². The predicted octanol–water partition coefficient (Wildman–Crippen LogP) is 2.07. The van der Waals surface area contributed by atoms with Crippen molar-refractivity contribution in [1.82, 2.24) is 0 Å². The number of nitrogens with one attached hydrogen (secondary N) is 2. The molecule has 0 radical (unpaired) electrons. The molecule has 70 valence electrons. The molecule has 13 heavy (non-hydrogen) atoms. The van der Waals surface area contributed by atoms with Crippen LogP contribution in [0, 0.1) is 10.8 Å². The van der Waals surface area contributed by atoms with Gasteiger partial charge in [-0.15, -0.1) is 17.0 Å². The second kappa shape index (κ2) is 22.4. The van der Waals surface area contributed by atoms with Crippen LogP contribution in [-0.4, -0.2) is 12.2 Å². The summed E-state index contributed by atoms with van der Waals surface area (Å²) in [7, 11) is 0. The van der Waals surface area contributed by atoms with Crippen LogP contribution in [0.3, 0.4) is 0 Å². The second-order valence-electron chi connectivity index (χ2n) is 1.36. The lowest BCUT2D eigenvalue weighted by atomic mass is 10.4. The third kappa shape index (κ3) is 37.6. The largest absolute Gasteiger partial charge is 0.231 e. The van der Waals surface area contributed by atoms with Gasteiger partial charge in [0, 0.05) is 0 Å². The SMILES string of the molecule is Br.N=C=O.N=C=O.c1ccccc1. The Bertz CT molecular complexity index is 201. The van der Waals surface area contributed by atoms with Crippen molar-refractivity contribution in [3.05, 3.63) is 36.4 Å². The fraction of sp³-hybridized carbons (Fsp3) is 0. The molecule has 0 saturated carbocycles. The number of hydrogen-bond donors (Lipinski definition) is 2. The summed E-state index contributed by atoms with van der Waals surface area (Å²) in [5.74, 6) is 0. The van der Waals surface area contributed by atoms with E-state index in [1.54, 1.807) is 0 Å². The fourth-order valence-electron chi connectivity index (χ4n) is 0.385. The highest BCUT2D eigenvalue weighted by Crippen LogP contribution is 1.79. The Kier molecular flexibility index (Phi) is 30.2. The fourth-order valence-corrected chi connectivity index (χ4v) is 0.385. The number of benzene rings is 1. The van der Waals surface area contributed by atoms with Gasteiger partial charge in [-0.2, -0.15) is 0 Å². The average Bonchev–Trinajstić information content (AvgIpc) is 2.10. The van der Waals surface area contributed by atoms with Crippen LogP contribution in [0.1, 0.15) is 0 Å². The molecule has 0 unspecified atom stereocenters. The minimum absolute atomic E-state index is 0. The minimum Gasteiger partial charge on any atom is -0.222 e. The monoisotopic (exact) mass is 244 g/mol. The highest BCUT2D eigenvalue weighted by Gasteiger charge is 1.57. The van der Waals surface area contributed by atoms with Gasteiger partial charge in [-0.1, -0.05) is 36.4 Å². The van der Waals surface area contributed by atoms with E-state index in [4.69, 9.17) is 20.4 Å². The average molecular weight is 245 g/mol. The van der Waals surface area contributed by atoms with Crippen LogP contribution in [0.5, 0.6) is 0 Å². The zero-order valence-corrected chi connectivity index (χ0v) is 8.40. The minimum atomic E-state index is 0. The second-order valence-corrected chi connectivity index (χ2v) is 1.36. The first-order valence-electron chi connectivity index (χ1n) is 2.91. The summed E-state index contributed by atoms with van der Waals surface area (Å²) in [6.07, 6.45) is 1.50. The summed E-state index contributed by atoms with van der Waals surface area (Å²) in [5, 5.41) is 10.8. The van der Waals surface area contributed by atoms with Gasteiger partial charge in [0.25, 0.3) is 0 Å². The molecule has 0 amide bonds. The van der Waals surface area contributed by atoms with Gasteiger partial charge in [-0.25, -0.2) is 20.4 Å². The maximum Gasteiger partial charge on any atom is 0.231 e. The Balaban J connectivity index is -0.000000126. The molecule has 0 saturated heterocycles. The lowest BCUT2D eigenvalue weighted by Gasteiger charge is -1.69. The Morgan fingerprint density at radius 2 is 0.769 bits per heavy atom. The lowest BCUT2D eigenvalue weighted by Crippen LogP contribution is -1.47. The first-order valence-corrected chi connectivity index (χ1v) is 2.91. The van der Waals surface area contributed by atoms with Crippen LogP contribution < -0.4 is 0 Å². The van der Waals surface area contributed by atoms with Crippen molar-refractivity contribution in [3.63, 3.8) is 0 Å². The van der Waals surface area contributed by atoms with E-state index in [0.717, 1.165) is 12.2 Å². The van der Waals surface area contributed by atoms with E-state index in [2.05, 4.69) is 0 Å². The van der Waals surface area contributed by atoms with E-state index in [9.17, 15) is 0 Å². The maximum absolute atomic E-state index is 8.35. The topological polar surface area (TPSA) is 81.8 Å². The molecule has 2 N–H and O–H groups in total. The number of carbonyl (C=O) groups excluding carboxylic acids is 2. The highest BCUT2D eigenvalue weighted by molar-refractivity contribution is 8.93. The van der Waals surface area contributed by atoms with Crippen molar-refractivity contribution < 1.29 is 9.59 Å². The van der Waals surface area contributed by atoms with Crippen molar-refractivity contribution in [2.75, 3.05) is 0 Å². The zero-order chi connectivity index (χ0) is 9.66. The number of isocyanates is 2. The molecule has 4 nitrogen and oxygen atoms in total. The van der Waals surface area contributed by atoms with E-state index in [1.165, 1.54) is 0 Å². The van der Waals surface area contributed by atoms with Gasteiger partial charge < -0.3 is 0 Å². The number of rotatable bonds is 0. The first kappa shape index (κ1) is 17.5. The molecule has 0 aliphatic carbocycles. The first-order chi connectivity index (χ1) is 5.83. The van der Waals surface area contributed by atoms with Crippen LogP contribution in [0.25, 0.3) is 0 Å². The quantitative estimate of drug-likeness (QED) is 0.541. The van der Waals surface area contributed by atoms with Gasteiger partial charge >= 0.3 is 0 Å². The van der Waals surface area contributed by atoms with Gasteiger partial charge in [0.15, 0.2) is 0 Å². The Morgan fingerprint density at radius 3 is 0.846 bits per heavy atom. The molecular formula is C8H9BrN2O2. The molecule has 0 heterocycles. The van der Waals surface area contributed by atoms with Crippen LogP contribution in [0.15, 0.2) is 36.4 Å². The Hall–Kier alpha value is -1.54. The van der Waals surface area contributed by atoms with Gasteiger partial charge in [-0.05, 0) is 0 Å². The molecule has 0 spiro atoms. The summed E-state index contributed by atoms with van der Waals surface area (Å²) < 4.78 is 0. The van der Waals surface area contributed by atoms with Crippen LogP contribution >= 0.6 is 17.0 Å². The van der Waals surface area contributed by atoms with Crippen LogP contribution in [0.2, 0.25) is 0 Å². The summed E-state index contributed by atoms with van der Waals surface area (Å²) in [6.45, 7) is 0. The third-order valence-electron chi connectivity index (χ3n) is 0.667. The van der Waals surface area contributed by atoms with E-state index in [1.807, 2.05) is 36.4 Å². The molecule has 0 bridgehead atoms. The molecule has 0 fully saturated rings. The van der Waals surface area contributed by atoms with Crippen molar-refractivity contribution in [3.8, 4) is 0 Å².